The quantitative estimate of drug-likeness (QED) is 0.804. The summed E-state index contributed by atoms with van der Waals surface area (Å²) in [6.07, 6.45) is 3.65. The van der Waals surface area contributed by atoms with Gasteiger partial charge in [0.2, 0.25) is 0 Å². The largest absolute Gasteiger partial charge is 0.380 e. The normalized spacial score (nSPS) is 25.6. The van der Waals surface area contributed by atoms with Crippen molar-refractivity contribution in [2.24, 2.45) is 0 Å². The van der Waals surface area contributed by atoms with Crippen molar-refractivity contribution in [1.29, 1.82) is 0 Å². The Morgan fingerprint density at radius 3 is 2.47 bits per heavy atom. The van der Waals surface area contributed by atoms with Crippen LogP contribution in [0.3, 0.4) is 0 Å². The summed E-state index contributed by atoms with van der Waals surface area (Å²) in [5, 5.41) is 11.1. The van der Waals surface area contributed by atoms with Gasteiger partial charge in [-0.1, -0.05) is 67.3 Å². The topological polar surface area (TPSA) is 20.2 Å². The van der Waals surface area contributed by atoms with E-state index < -0.39 is 5.60 Å². The monoisotopic (exact) mass is 250 g/mol. The molecule has 2 atom stereocenters. The van der Waals surface area contributed by atoms with Gasteiger partial charge in [0.25, 0.3) is 0 Å². The molecule has 0 saturated carbocycles. The number of hydrogen-bond donors (Lipinski definition) is 1. The van der Waals surface area contributed by atoms with E-state index in [1.807, 2.05) is 36.4 Å². The second kappa shape index (κ2) is 4.67. The van der Waals surface area contributed by atoms with Crippen LogP contribution in [0, 0.1) is 0 Å². The summed E-state index contributed by atoms with van der Waals surface area (Å²) in [5.74, 6) is 0.0844. The van der Waals surface area contributed by atoms with Crippen molar-refractivity contribution in [2.45, 2.75) is 24.4 Å². The fourth-order valence-electron chi connectivity index (χ4n) is 3.19. The van der Waals surface area contributed by atoms with E-state index in [4.69, 9.17) is 0 Å². The minimum absolute atomic E-state index is 0.0844. The molecule has 1 nitrogen and oxygen atoms in total. The molecule has 1 aliphatic rings. The molecule has 0 unspecified atom stereocenters. The molecule has 0 spiro atoms. The highest BCUT2D eigenvalue weighted by Crippen LogP contribution is 2.46. The maximum absolute atomic E-state index is 11.1. The van der Waals surface area contributed by atoms with Crippen molar-refractivity contribution in [3.05, 3.63) is 83.9 Å². The molecule has 1 aliphatic carbocycles. The highest BCUT2D eigenvalue weighted by molar-refractivity contribution is 5.43. The summed E-state index contributed by atoms with van der Waals surface area (Å²) >= 11 is 0. The van der Waals surface area contributed by atoms with Gasteiger partial charge in [0.15, 0.2) is 0 Å². The Labute approximate surface area is 114 Å². The minimum atomic E-state index is -0.962. The van der Waals surface area contributed by atoms with Crippen LogP contribution in [-0.4, -0.2) is 5.11 Å². The Hall–Kier alpha value is -1.86. The lowest BCUT2D eigenvalue weighted by Gasteiger charge is -2.39. The third-order valence-corrected chi connectivity index (χ3v) is 4.20. The molecule has 0 heterocycles. The first kappa shape index (κ1) is 12.2. The van der Waals surface area contributed by atoms with Crippen LogP contribution >= 0.6 is 0 Å². The lowest BCUT2D eigenvalue weighted by molar-refractivity contribution is 0.0469. The van der Waals surface area contributed by atoms with Gasteiger partial charge in [0, 0.05) is 5.92 Å². The van der Waals surface area contributed by atoms with Crippen molar-refractivity contribution in [2.75, 3.05) is 0 Å². The molecule has 2 aromatic carbocycles. The van der Waals surface area contributed by atoms with Crippen molar-refractivity contribution >= 4 is 0 Å². The zero-order valence-electron chi connectivity index (χ0n) is 10.9. The minimum Gasteiger partial charge on any atom is -0.380 e. The summed E-state index contributed by atoms with van der Waals surface area (Å²) in [7, 11) is 0. The van der Waals surface area contributed by atoms with E-state index >= 15 is 0 Å². The average Bonchev–Trinajstić information content (AvgIpc) is 2.49. The van der Waals surface area contributed by atoms with Crippen LogP contribution in [-0.2, 0) is 12.0 Å². The Bertz CT molecular complexity index is 588. The maximum atomic E-state index is 11.1. The van der Waals surface area contributed by atoms with E-state index in [0.29, 0.717) is 0 Å². The van der Waals surface area contributed by atoms with Gasteiger partial charge in [0.05, 0.1) is 0 Å². The Morgan fingerprint density at radius 1 is 1.05 bits per heavy atom. The first-order chi connectivity index (χ1) is 9.25. The van der Waals surface area contributed by atoms with Crippen LogP contribution in [0.4, 0.5) is 0 Å². The summed E-state index contributed by atoms with van der Waals surface area (Å²) in [5.41, 5.74) is 2.46. The molecule has 96 valence electrons. The van der Waals surface area contributed by atoms with Crippen LogP contribution in [0.2, 0.25) is 0 Å². The summed E-state index contributed by atoms with van der Waals surface area (Å²) in [6, 6.07) is 18.4. The first-order valence-electron chi connectivity index (χ1n) is 6.75. The van der Waals surface area contributed by atoms with E-state index in [1.165, 1.54) is 11.1 Å². The smallest absolute Gasteiger partial charge is 0.115 e. The zero-order chi connectivity index (χ0) is 13.3. The molecule has 1 N–H and O–H groups in total. The molecule has 1 heteroatoms. The Morgan fingerprint density at radius 2 is 1.74 bits per heavy atom. The number of benzene rings is 2. The number of aryl methyl sites for hydroxylation is 1. The average molecular weight is 250 g/mol. The number of fused-ring (bicyclic) bond motifs is 1. The molecule has 19 heavy (non-hydrogen) atoms. The standard InChI is InChI=1S/C18H18O/c1-2-18(19)16-11-7-6-10-15(16)12-13-17(18)14-8-4-3-5-9-14/h2-11,17,19H,1,12-13H2/t17-,18-/m0/s1. The van der Waals surface area contributed by atoms with Gasteiger partial charge in [-0.3, -0.25) is 0 Å². The highest BCUT2D eigenvalue weighted by Gasteiger charge is 2.40. The van der Waals surface area contributed by atoms with Crippen molar-refractivity contribution in [3.8, 4) is 0 Å². The molecular formula is C18H18O. The predicted molar refractivity (Wildman–Crippen MR) is 78.0 cm³/mol. The fourth-order valence-corrected chi connectivity index (χ4v) is 3.19. The lowest BCUT2D eigenvalue weighted by Crippen LogP contribution is -2.36. The molecule has 0 bridgehead atoms. The van der Waals surface area contributed by atoms with Gasteiger partial charge in [-0.15, -0.1) is 0 Å². The van der Waals surface area contributed by atoms with Gasteiger partial charge in [-0.05, 0) is 29.5 Å². The van der Waals surface area contributed by atoms with Crippen molar-refractivity contribution in [1.82, 2.24) is 0 Å². The summed E-state index contributed by atoms with van der Waals surface area (Å²) in [4.78, 5) is 0. The molecular weight excluding hydrogens is 232 g/mol. The maximum Gasteiger partial charge on any atom is 0.115 e. The van der Waals surface area contributed by atoms with Gasteiger partial charge in [-0.2, -0.15) is 0 Å². The first-order valence-corrected chi connectivity index (χ1v) is 6.75. The third kappa shape index (κ3) is 1.91. The van der Waals surface area contributed by atoms with Gasteiger partial charge < -0.3 is 5.11 Å². The molecule has 0 amide bonds. The molecule has 0 fully saturated rings. The Kier molecular flexibility index (Phi) is 3.00. The van der Waals surface area contributed by atoms with E-state index in [2.05, 4.69) is 24.8 Å². The molecule has 3 rings (SSSR count). The van der Waals surface area contributed by atoms with Gasteiger partial charge in [-0.25, -0.2) is 0 Å². The van der Waals surface area contributed by atoms with Crippen LogP contribution in [0.5, 0.6) is 0 Å². The lowest BCUT2D eigenvalue weighted by atomic mass is 9.69. The van der Waals surface area contributed by atoms with Gasteiger partial charge in [0.1, 0.15) is 5.60 Å². The van der Waals surface area contributed by atoms with Crippen molar-refractivity contribution in [3.63, 3.8) is 0 Å². The number of aliphatic hydroxyl groups is 1. The SMILES string of the molecule is C=C[C@]1(O)c2ccccc2CC[C@H]1c1ccccc1. The van der Waals surface area contributed by atoms with Crippen molar-refractivity contribution < 1.29 is 5.11 Å². The van der Waals surface area contributed by atoms with Gasteiger partial charge >= 0.3 is 0 Å². The second-order valence-corrected chi connectivity index (χ2v) is 5.19. The zero-order valence-corrected chi connectivity index (χ0v) is 10.9. The molecule has 0 saturated heterocycles. The summed E-state index contributed by atoms with van der Waals surface area (Å²) < 4.78 is 0. The van der Waals surface area contributed by atoms with E-state index in [1.54, 1.807) is 6.08 Å². The van der Waals surface area contributed by atoms with E-state index in [0.717, 1.165) is 18.4 Å². The molecule has 0 aliphatic heterocycles. The van der Waals surface area contributed by atoms with Crippen LogP contribution in [0.15, 0.2) is 67.3 Å². The molecule has 2 aromatic rings. The highest BCUT2D eigenvalue weighted by atomic mass is 16.3. The van der Waals surface area contributed by atoms with Crippen LogP contribution < -0.4 is 0 Å². The number of hydrogen-bond acceptors (Lipinski definition) is 1. The second-order valence-electron chi connectivity index (χ2n) is 5.19. The van der Waals surface area contributed by atoms with Crippen LogP contribution in [0.25, 0.3) is 0 Å². The summed E-state index contributed by atoms with van der Waals surface area (Å²) in [6.45, 7) is 3.88. The van der Waals surface area contributed by atoms with E-state index in [9.17, 15) is 5.11 Å². The predicted octanol–water partition coefficient (Wildman–Crippen LogP) is 3.79. The van der Waals surface area contributed by atoms with Crippen LogP contribution in [0.1, 0.15) is 29.0 Å². The Balaban J connectivity index is 2.12. The molecule has 0 aromatic heterocycles. The third-order valence-electron chi connectivity index (χ3n) is 4.20. The van der Waals surface area contributed by atoms with E-state index in [-0.39, 0.29) is 5.92 Å². The molecule has 0 radical (unpaired) electrons. The fraction of sp³-hybridized carbons (Fsp3) is 0.222. The number of rotatable bonds is 2.